The third-order valence-electron chi connectivity index (χ3n) is 4.02. The van der Waals surface area contributed by atoms with Crippen LogP contribution in [0.15, 0.2) is 72.8 Å². The fourth-order valence-electron chi connectivity index (χ4n) is 2.68. The Bertz CT molecular complexity index is 852. The van der Waals surface area contributed by atoms with E-state index in [4.69, 9.17) is 4.74 Å². The second-order valence-electron chi connectivity index (χ2n) is 6.03. The molecule has 0 saturated heterocycles. The third-order valence-corrected chi connectivity index (χ3v) is 4.02. The highest BCUT2D eigenvalue weighted by Gasteiger charge is 2.11. The molecular formula is C22H20O3. The van der Waals surface area contributed by atoms with Crippen molar-refractivity contribution in [1.29, 1.82) is 0 Å². The summed E-state index contributed by atoms with van der Waals surface area (Å²) < 4.78 is 5.87. The van der Waals surface area contributed by atoms with Crippen LogP contribution in [-0.4, -0.2) is 11.1 Å². The van der Waals surface area contributed by atoms with Crippen LogP contribution in [-0.2, 0) is 17.8 Å². The summed E-state index contributed by atoms with van der Waals surface area (Å²) in [5, 5.41) is 9.22. The lowest BCUT2D eigenvalue weighted by molar-refractivity contribution is -0.136. The number of aliphatic carboxylic acids is 1. The molecule has 0 aliphatic rings. The second kappa shape index (κ2) is 7.67. The van der Waals surface area contributed by atoms with Gasteiger partial charge in [0, 0.05) is 5.56 Å². The average Bonchev–Trinajstić information content (AvgIpc) is 2.62. The summed E-state index contributed by atoms with van der Waals surface area (Å²) in [5.41, 5.74) is 4.97. The lowest BCUT2D eigenvalue weighted by Crippen LogP contribution is -2.04. The number of carbonyl (C=O) groups is 1. The Kier molecular flexibility index (Phi) is 5.14. The minimum Gasteiger partial charge on any atom is -0.489 e. The van der Waals surface area contributed by atoms with Gasteiger partial charge in [-0.15, -0.1) is 0 Å². The van der Waals surface area contributed by atoms with Gasteiger partial charge in [0.1, 0.15) is 12.4 Å². The van der Waals surface area contributed by atoms with E-state index in [2.05, 4.69) is 0 Å². The Morgan fingerprint density at radius 2 is 1.60 bits per heavy atom. The SMILES string of the molecule is Cc1ccc(-c2ccc(OCc3ccccc3)c(CC(=O)O)c2)cc1. The minimum absolute atomic E-state index is 0.0657. The largest absolute Gasteiger partial charge is 0.489 e. The molecule has 0 bridgehead atoms. The third kappa shape index (κ3) is 4.48. The predicted molar refractivity (Wildman–Crippen MR) is 98.7 cm³/mol. The normalized spacial score (nSPS) is 10.4. The van der Waals surface area contributed by atoms with Gasteiger partial charge in [0.15, 0.2) is 0 Å². The van der Waals surface area contributed by atoms with E-state index < -0.39 is 5.97 Å². The van der Waals surface area contributed by atoms with Crippen LogP contribution >= 0.6 is 0 Å². The van der Waals surface area contributed by atoms with E-state index in [1.807, 2.05) is 79.7 Å². The molecule has 0 amide bonds. The molecule has 0 aliphatic carbocycles. The summed E-state index contributed by atoms with van der Waals surface area (Å²) in [6.45, 7) is 2.46. The van der Waals surface area contributed by atoms with Gasteiger partial charge in [0.2, 0.25) is 0 Å². The summed E-state index contributed by atoms with van der Waals surface area (Å²) >= 11 is 0. The first-order valence-electron chi connectivity index (χ1n) is 8.20. The molecule has 3 rings (SSSR count). The maximum atomic E-state index is 11.2. The maximum absolute atomic E-state index is 11.2. The summed E-state index contributed by atoms with van der Waals surface area (Å²) in [4.78, 5) is 11.2. The van der Waals surface area contributed by atoms with Crippen LogP contribution in [0.4, 0.5) is 0 Å². The van der Waals surface area contributed by atoms with Gasteiger partial charge in [-0.3, -0.25) is 4.79 Å². The molecule has 3 heteroatoms. The zero-order chi connectivity index (χ0) is 17.6. The molecule has 0 saturated carbocycles. The van der Waals surface area contributed by atoms with Crippen molar-refractivity contribution in [3.05, 3.63) is 89.5 Å². The number of aryl methyl sites for hydroxylation is 1. The van der Waals surface area contributed by atoms with Crippen molar-refractivity contribution in [3.63, 3.8) is 0 Å². The van der Waals surface area contributed by atoms with E-state index in [1.54, 1.807) is 0 Å². The molecule has 0 radical (unpaired) electrons. The Labute approximate surface area is 147 Å². The van der Waals surface area contributed by atoms with Crippen molar-refractivity contribution < 1.29 is 14.6 Å². The molecular weight excluding hydrogens is 312 g/mol. The lowest BCUT2D eigenvalue weighted by Gasteiger charge is -2.13. The Balaban J connectivity index is 1.86. The molecule has 0 atom stereocenters. The van der Waals surface area contributed by atoms with Gasteiger partial charge in [-0.05, 0) is 35.7 Å². The monoisotopic (exact) mass is 332 g/mol. The Morgan fingerprint density at radius 1 is 0.920 bits per heavy atom. The second-order valence-corrected chi connectivity index (χ2v) is 6.03. The molecule has 0 heterocycles. The fraction of sp³-hybridized carbons (Fsp3) is 0.136. The zero-order valence-electron chi connectivity index (χ0n) is 14.1. The van der Waals surface area contributed by atoms with Gasteiger partial charge < -0.3 is 9.84 Å². The van der Waals surface area contributed by atoms with Crippen molar-refractivity contribution in [1.82, 2.24) is 0 Å². The molecule has 0 aliphatic heterocycles. The first kappa shape index (κ1) is 16.8. The topological polar surface area (TPSA) is 46.5 Å². The molecule has 1 N–H and O–H groups in total. The van der Waals surface area contributed by atoms with Crippen molar-refractivity contribution in [2.45, 2.75) is 20.0 Å². The maximum Gasteiger partial charge on any atom is 0.307 e. The number of hydrogen-bond acceptors (Lipinski definition) is 2. The van der Waals surface area contributed by atoms with Crippen LogP contribution in [0.1, 0.15) is 16.7 Å². The molecule has 0 fully saturated rings. The van der Waals surface area contributed by atoms with Gasteiger partial charge in [-0.1, -0.05) is 66.2 Å². The van der Waals surface area contributed by atoms with E-state index >= 15 is 0 Å². The van der Waals surface area contributed by atoms with Crippen LogP contribution in [0.25, 0.3) is 11.1 Å². The highest BCUT2D eigenvalue weighted by Crippen LogP contribution is 2.28. The predicted octanol–water partition coefficient (Wildman–Crippen LogP) is 4.87. The van der Waals surface area contributed by atoms with Crippen LogP contribution in [0.2, 0.25) is 0 Å². The highest BCUT2D eigenvalue weighted by molar-refractivity contribution is 5.74. The van der Waals surface area contributed by atoms with Crippen LogP contribution in [0.3, 0.4) is 0 Å². The van der Waals surface area contributed by atoms with Gasteiger partial charge in [-0.2, -0.15) is 0 Å². The average molecular weight is 332 g/mol. The van der Waals surface area contributed by atoms with E-state index in [0.29, 0.717) is 17.9 Å². The number of carboxylic acid groups (broad SMARTS) is 1. The molecule has 3 nitrogen and oxygen atoms in total. The number of benzene rings is 3. The lowest BCUT2D eigenvalue weighted by atomic mass is 10.00. The summed E-state index contributed by atoms with van der Waals surface area (Å²) in [7, 11) is 0. The number of ether oxygens (including phenoxy) is 1. The number of hydrogen-bond donors (Lipinski definition) is 1. The minimum atomic E-state index is -0.870. The van der Waals surface area contributed by atoms with Gasteiger partial charge in [0.05, 0.1) is 6.42 Å². The van der Waals surface area contributed by atoms with Gasteiger partial charge >= 0.3 is 5.97 Å². The zero-order valence-corrected chi connectivity index (χ0v) is 14.1. The summed E-state index contributed by atoms with van der Waals surface area (Å²) in [6, 6.07) is 23.7. The van der Waals surface area contributed by atoms with E-state index in [-0.39, 0.29) is 6.42 Å². The van der Waals surface area contributed by atoms with E-state index in [1.165, 1.54) is 5.56 Å². The Morgan fingerprint density at radius 3 is 2.28 bits per heavy atom. The van der Waals surface area contributed by atoms with Crippen molar-refractivity contribution >= 4 is 5.97 Å². The fourth-order valence-corrected chi connectivity index (χ4v) is 2.68. The van der Waals surface area contributed by atoms with Crippen molar-refractivity contribution in [2.75, 3.05) is 0 Å². The number of carboxylic acids is 1. The van der Waals surface area contributed by atoms with Crippen LogP contribution < -0.4 is 4.74 Å². The molecule has 0 aromatic heterocycles. The van der Waals surface area contributed by atoms with E-state index in [9.17, 15) is 9.90 Å². The molecule has 25 heavy (non-hydrogen) atoms. The smallest absolute Gasteiger partial charge is 0.307 e. The van der Waals surface area contributed by atoms with Gasteiger partial charge in [0.25, 0.3) is 0 Å². The highest BCUT2D eigenvalue weighted by atomic mass is 16.5. The molecule has 3 aromatic carbocycles. The van der Waals surface area contributed by atoms with Crippen molar-refractivity contribution in [2.24, 2.45) is 0 Å². The first-order chi connectivity index (χ1) is 12.1. The quantitative estimate of drug-likeness (QED) is 0.700. The standard InChI is InChI=1S/C22H20O3/c1-16-7-9-18(10-8-16)19-11-12-21(20(13-19)14-22(23)24)25-15-17-5-3-2-4-6-17/h2-13H,14-15H2,1H3,(H,23,24). The number of rotatable bonds is 6. The molecule has 3 aromatic rings. The van der Waals surface area contributed by atoms with Crippen molar-refractivity contribution in [3.8, 4) is 16.9 Å². The van der Waals surface area contributed by atoms with E-state index in [0.717, 1.165) is 16.7 Å². The molecule has 126 valence electrons. The molecule has 0 unspecified atom stereocenters. The van der Waals surface area contributed by atoms with Crippen LogP contribution in [0, 0.1) is 6.92 Å². The molecule has 0 spiro atoms. The first-order valence-corrected chi connectivity index (χ1v) is 8.20. The van der Waals surface area contributed by atoms with Crippen LogP contribution in [0.5, 0.6) is 5.75 Å². The van der Waals surface area contributed by atoms with Gasteiger partial charge in [-0.25, -0.2) is 0 Å². The summed E-state index contributed by atoms with van der Waals surface area (Å²) in [5.74, 6) is -0.257. The Hall–Kier alpha value is -3.07. The summed E-state index contributed by atoms with van der Waals surface area (Å²) in [6.07, 6.45) is -0.0657.